The highest BCUT2D eigenvalue weighted by molar-refractivity contribution is 5.96. The maximum atomic E-state index is 12.2. The Bertz CT molecular complexity index is 550. The van der Waals surface area contributed by atoms with Gasteiger partial charge in [-0.3, -0.25) is 9.59 Å². The maximum Gasteiger partial charge on any atom is 0.471 e. The molecule has 1 rings (SSSR count). The zero-order chi connectivity index (χ0) is 17.5. The zero-order valence-corrected chi connectivity index (χ0v) is 13.0. The molecule has 1 atom stereocenters. The smallest absolute Gasteiger partial charge is 0.342 e. The number of carbonyl (C=O) groups is 2. The Morgan fingerprint density at radius 1 is 1.22 bits per heavy atom. The van der Waals surface area contributed by atoms with E-state index in [1.165, 1.54) is 6.92 Å². The van der Waals surface area contributed by atoms with E-state index in [9.17, 15) is 22.8 Å². The maximum absolute atomic E-state index is 12.2. The summed E-state index contributed by atoms with van der Waals surface area (Å²) in [6, 6.07) is 5.46. The van der Waals surface area contributed by atoms with E-state index in [0.29, 0.717) is 17.5 Å². The van der Waals surface area contributed by atoms with Crippen molar-refractivity contribution in [2.75, 3.05) is 0 Å². The molecule has 1 amide bonds. The summed E-state index contributed by atoms with van der Waals surface area (Å²) in [4.78, 5) is 22.9. The van der Waals surface area contributed by atoms with Crippen LogP contribution in [0.15, 0.2) is 36.9 Å². The Labute approximate surface area is 133 Å². The lowest BCUT2D eigenvalue weighted by Crippen LogP contribution is -2.38. The van der Waals surface area contributed by atoms with Crippen molar-refractivity contribution >= 4 is 11.7 Å². The van der Waals surface area contributed by atoms with Crippen molar-refractivity contribution in [1.29, 1.82) is 0 Å². The van der Waals surface area contributed by atoms with E-state index >= 15 is 0 Å². The zero-order valence-electron chi connectivity index (χ0n) is 13.0. The fraction of sp³-hybridized carbons (Fsp3) is 0.412. The molecule has 0 unspecified atom stereocenters. The molecule has 0 radical (unpaired) electrons. The molecule has 126 valence electrons. The van der Waals surface area contributed by atoms with Gasteiger partial charge in [0, 0.05) is 12.0 Å². The number of alkyl halides is 3. The monoisotopic (exact) mass is 327 g/mol. The highest BCUT2D eigenvalue weighted by atomic mass is 19.4. The van der Waals surface area contributed by atoms with Gasteiger partial charge in [0.25, 0.3) is 0 Å². The number of unbranched alkanes of at least 4 members (excludes halogenated alkanes) is 2. The highest BCUT2D eigenvalue weighted by Gasteiger charge is 2.39. The van der Waals surface area contributed by atoms with Gasteiger partial charge >= 0.3 is 12.1 Å². The van der Waals surface area contributed by atoms with Gasteiger partial charge in [-0.2, -0.15) is 13.2 Å². The first kappa shape index (κ1) is 18.9. The van der Waals surface area contributed by atoms with E-state index in [0.717, 1.165) is 19.3 Å². The molecule has 0 fully saturated rings. The first-order valence-corrected chi connectivity index (χ1v) is 7.37. The van der Waals surface area contributed by atoms with Gasteiger partial charge < -0.3 is 5.32 Å². The molecule has 0 aliphatic carbocycles. The van der Waals surface area contributed by atoms with Crippen molar-refractivity contribution in [3.05, 3.63) is 48.0 Å². The van der Waals surface area contributed by atoms with E-state index in [4.69, 9.17) is 0 Å². The van der Waals surface area contributed by atoms with Crippen molar-refractivity contribution in [2.24, 2.45) is 0 Å². The minimum absolute atomic E-state index is 0.00686. The van der Waals surface area contributed by atoms with Gasteiger partial charge in [0.1, 0.15) is 0 Å². The average Bonchev–Trinajstić information content (AvgIpc) is 2.50. The molecular formula is C17H20F3NO2. The van der Waals surface area contributed by atoms with E-state index in [2.05, 4.69) is 6.58 Å². The van der Waals surface area contributed by atoms with Gasteiger partial charge in [-0.1, -0.05) is 30.3 Å². The van der Waals surface area contributed by atoms with Crippen LogP contribution in [0.25, 0.3) is 0 Å². The standard InChI is InChI=1S/C17H20F3NO2/c1-3-4-5-6-7-15(22)14-10-8-13(9-11-14)12(2)21-16(23)17(18,19)20/h3,8-12H,1,4-7H2,2H3,(H,21,23)/t12-/m0/s1. The topological polar surface area (TPSA) is 46.2 Å². The van der Waals surface area contributed by atoms with Gasteiger partial charge in [0.15, 0.2) is 5.78 Å². The quantitative estimate of drug-likeness (QED) is 0.438. The van der Waals surface area contributed by atoms with Crippen LogP contribution in [-0.4, -0.2) is 17.9 Å². The Kier molecular flexibility index (Phi) is 7.00. The molecule has 0 aromatic heterocycles. The third-order valence-corrected chi connectivity index (χ3v) is 3.40. The molecule has 3 nitrogen and oxygen atoms in total. The lowest BCUT2D eigenvalue weighted by molar-refractivity contribution is -0.174. The molecule has 0 bridgehead atoms. The number of ketones is 1. The van der Waals surface area contributed by atoms with E-state index in [1.54, 1.807) is 30.3 Å². The third kappa shape index (κ3) is 6.26. The molecular weight excluding hydrogens is 307 g/mol. The SMILES string of the molecule is C=CCCCCC(=O)c1ccc([C@H](C)NC(=O)C(F)(F)F)cc1. The molecule has 0 aliphatic heterocycles. The second kappa shape index (κ2) is 8.50. The summed E-state index contributed by atoms with van der Waals surface area (Å²) in [7, 11) is 0. The normalized spacial score (nSPS) is 12.5. The summed E-state index contributed by atoms with van der Waals surface area (Å²) >= 11 is 0. The largest absolute Gasteiger partial charge is 0.471 e. The fourth-order valence-corrected chi connectivity index (χ4v) is 2.04. The number of carbonyl (C=O) groups excluding carboxylic acids is 2. The van der Waals surface area contributed by atoms with Crippen molar-refractivity contribution < 1.29 is 22.8 Å². The predicted molar refractivity (Wildman–Crippen MR) is 82.1 cm³/mol. The number of amides is 1. The van der Waals surface area contributed by atoms with Crippen molar-refractivity contribution in [3.63, 3.8) is 0 Å². The molecule has 23 heavy (non-hydrogen) atoms. The van der Waals surface area contributed by atoms with Crippen LogP contribution in [0, 0.1) is 0 Å². The molecule has 0 heterocycles. The summed E-state index contributed by atoms with van der Waals surface area (Å²) in [6.07, 6.45) is -0.153. The highest BCUT2D eigenvalue weighted by Crippen LogP contribution is 2.19. The number of hydrogen-bond acceptors (Lipinski definition) is 2. The van der Waals surface area contributed by atoms with Gasteiger partial charge in [0.2, 0.25) is 0 Å². The third-order valence-electron chi connectivity index (χ3n) is 3.40. The molecule has 6 heteroatoms. The summed E-state index contributed by atoms with van der Waals surface area (Å²) < 4.78 is 36.6. The van der Waals surface area contributed by atoms with Crippen LogP contribution >= 0.6 is 0 Å². The fourth-order valence-electron chi connectivity index (χ4n) is 2.04. The molecule has 0 aliphatic rings. The number of allylic oxidation sites excluding steroid dienone is 1. The second-order valence-corrected chi connectivity index (χ2v) is 5.27. The van der Waals surface area contributed by atoms with E-state index < -0.39 is 18.1 Å². The molecule has 1 aromatic carbocycles. The van der Waals surface area contributed by atoms with Crippen LogP contribution in [0.4, 0.5) is 13.2 Å². The minimum atomic E-state index is -4.91. The van der Waals surface area contributed by atoms with Crippen LogP contribution in [0.2, 0.25) is 0 Å². The first-order chi connectivity index (χ1) is 10.8. The minimum Gasteiger partial charge on any atom is -0.342 e. The van der Waals surface area contributed by atoms with Crippen molar-refractivity contribution in [1.82, 2.24) is 5.32 Å². The Balaban J connectivity index is 2.60. The molecule has 1 N–H and O–H groups in total. The second-order valence-electron chi connectivity index (χ2n) is 5.27. The number of nitrogens with one attached hydrogen (secondary N) is 1. The summed E-state index contributed by atoms with van der Waals surface area (Å²) in [5.74, 6) is -1.99. The van der Waals surface area contributed by atoms with Crippen LogP contribution in [-0.2, 0) is 4.79 Å². The molecule has 0 spiro atoms. The van der Waals surface area contributed by atoms with E-state index in [-0.39, 0.29) is 5.78 Å². The Morgan fingerprint density at radius 3 is 2.35 bits per heavy atom. The molecule has 0 saturated carbocycles. The number of Topliss-reactive ketones (excluding diaryl/α,β-unsaturated/α-hetero) is 1. The lowest BCUT2D eigenvalue weighted by Gasteiger charge is -2.15. The van der Waals surface area contributed by atoms with Crippen molar-refractivity contribution in [3.8, 4) is 0 Å². The van der Waals surface area contributed by atoms with Crippen LogP contribution in [0.3, 0.4) is 0 Å². The van der Waals surface area contributed by atoms with Gasteiger partial charge in [-0.05, 0) is 31.7 Å². The lowest BCUT2D eigenvalue weighted by atomic mass is 10.0. The average molecular weight is 327 g/mol. The number of hydrogen-bond donors (Lipinski definition) is 1. The number of benzene rings is 1. The number of rotatable bonds is 8. The van der Waals surface area contributed by atoms with Crippen LogP contribution < -0.4 is 5.32 Å². The summed E-state index contributed by atoms with van der Waals surface area (Å²) in [6.45, 7) is 5.07. The van der Waals surface area contributed by atoms with Crippen LogP contribution in [0.5, 0.6) is 0 Å². The van der Waals surface area contributed by atoms with E-state index in [1.807, 2.05) is 5.32 Å². The van der Waals surface area contributed by atoms with Gasteiger partial charge in [-0.25, -0.2) is 0 Å². The van der Waals surface area contributed by atoms with Crippen molar-refractivity contribution in [2.45, 2.75) is 44.8 Å². The van der Waals surface area contributed by atoms with Gasteiger partial charge in [-0.15, -0.1) is 6.58 Å². The number of halogens is 3. The molecule has 1 aromatic rings. The van der Waals surface area contributed by atoms with Crippen LogP contribution in [0.1, 0.15) is 54.6 Å². The van der Waals surface area contributed by atoms with Gasteiger partial charge in [0.05, 0.1) is 6.04 Å². The summed E-state index contributed by atoms with van der Waals surface area (Å²) in [5.41, 5.74) is 1.02. The molecule has 0 saturated heterocycles. The Morgan fingerprint density at radius 2 is 1.83 bits per heavy atom. The Hall–Kier alpha value is -2.11. The predicted octanol–water partition coefficient (Wildman–Crippen LogP) is 4.36. The summed E-state index contributed by atoms with van der Waals surface area (Å²) in [5, 5.41) is 1.87. The first-order valence-electron chi connectivity index (χ1n) is 7.37.